The van der Waals surface area contributed by atoms with E-state index in [1.165, 1.54) is 12.1 Å². The van der Waals surface area contributed by atoms with Gasteiger partial charge in [0.1, 0.15) is 5.82 Å². The maximum Gasteiger partial charge on any atom is 0.234 e. The topological polar surface area (TPSA) is 50.4 Å². The van der Waals surface area contributed by atoms with Crippen LogP contribution < -0.4 is 10.6 Å². The maximum absolute atomic E-state index is 12.8. The van der Waals surface area contributed by atoms with Crippen LogP contribution in [0.15, 0.2) is 24.3 Å². The molecule has 0 aliphatic carbocycles. The van der Waals surface area contributed by atoms with Gasteiger partial charge in [0.2, 0.25) is 5.91 Å². The third-order valence-electron chi connectivity index (χ3n) is 2.89. The minimum atomic E-state index is -0.235. The van der Waals surface area contributed by atoms with Crippen molar-refractivity contribution in [3.63, 3.8) is 0 Å². The van der Waals surface area contributed by atoms with Gasteiger partial charge in [-0.2, -0.15) is 0 Å². The zero-order chi connectivity index (χ0) is 15.0. The number of halogens is 1. The van der Waals surface area contributed by atoms with Crippen molar-refractivity contribution in [3.8, 4) is 0 Å². The average Bonchev–Trinajstić information content (AvgIpc) is 2.39. The number of carbonyl (C=O) groups excluding carboxylic acids is 1. The fraction of sp³-hybridized carbons (Fsp3) is 0.533. The van der Waals surface area contributed by atoms with Crippen LogP contribution in [0, 0.1) is 5.82 Å². The third-order valence-corrected chi connectivity index (χ3v) is 2.89. The number of methoxy groups -OCH3 is 1. The summed E-state index contributed by atoms with van der Waals surface area (Å²) in [6.07, 6.45) is 0.751. The molecule has 0 fully saturated rings. The SMILES string of the molecule is COCC(C)NC(=O)CNC(C)Cc1ccc(F)cc1. The van der Waals surface area contributed by atoms with E-state index in [4.69, 9.17) is 4.74 Å². The third kappa shape index (κ3) is 6.63. The zero-order valence-electron chi connectivity index (χ0n) is 12.3. The predicted molar refractivity (Wildman–Crippen MR) is 77.0 cm³/mol. The number of hydrogen-bond acceptors (Lipinski definition) is 3. The molecule has 1 aromatic rings. The van der Waals surface area contributed by atoms with E-state index in [2.05, 4.69) is 10.6 Å². The van der Waals surface area contributed by atoms with Crippen molar-refractivity contribution in [1.82, 2.24) is 10.6 Å². The Labute approximate surface area is 119 Å². The van der Waals surface area contributed by atoms with E-state index in [-0.39, 0.29) is 30.4 Å². The van der Waals surface area contributed by atoms with Crippen molar-refractivity contribution in [3.05, 3.63) is 35.6 Å². The second-order valence-corrected chi connectivity index (χ2v) is 5.04. The largest absolute Gasteiger partial charge is 0.383 e. The van der Waals surface area contributed by atoms with Crippen LogP contribution in [0.4, 0.5) is 4.39 Å². The van der Waals surface area contributed by atoms with E-state index in [9.17, 15) is 9.18 Å². The molecule has 0 aliphatic rings. The molecule has 1 aromatic carbocycles. The summed E-state index contributed by atoms with van der Waals surface area (Å²) in [7, 11) is 1.60. The molecule has 5 heteroatoms. The molecule has 112 valence electrons. The number of hydrogen-bond donors (Lipinski definition) is 2. The van der Waals surface area contributed by atoms with Gasteiger partial charge in [-0.05, 0) is 38.0 Å². The first-order valence-corrected chi connectivity index (χ1v) is 6.77. The number of rotatable bonds is 8. The molecule has 0 heterocycles. The van der Waals surface area contributed by atoms with Crippen LogP contribution in [0.3, 0.4) is 0 Å². The number of ether oxygens (including phenoxy) is 1. The summed E-state index contributed by atoms with van der Waals surface area (Å²) in [5.74, 6) is -0.290. The lowest BCUT2D eigenvalue weighted by molar-refractivity contribution is -0.121. The van der Waals surface area contributed by atoms with Crippen LogP contribution >= 0.6 is 0 Å². The van der Waals surface area contributed by atoms with Gasteiger partial charge in [0.05, 0.1) is 13.2 Å². The lowest BCUT2D eigenvalue weighted by Gasteiger charge is -2.16. The van der Waals surface area contributed by atoms with Crippen molar-refractivity contribution in [1.29, 1.82) is 0 Å². The van der Waals surface area contributed by atoms with Crippen molar-refractivity contribution < 1.29 is 13.9 Å². The summed E-state index contributed by atoms with van der Waals surface area (Å²) >= 11 is 0. The van der Waals surface area contributed by atoms with E-state index in [1.807, 2.05) is 13.8 Å². The minimum absolute atomic E-state index is 0.00158. The van der Waals surface area contributed by atoms with Gasteiger partial charge in [0.15, 0.2) is 0 Å². The van der Waals surface area contributed by atoms with Gasteiger partial charge in [-0.3, -0.25) is 4.79 Å². The smallest absolute Gasteiger partial charge is 0.234 e. The molecule has 0 saturated carbocycles. The van der Waals surface area contributed by atoms with E-state index in [1.54, 1.807) is 19.2 Å². The Hall–Kier alpha value is -1.46. The van der Waals surface area contributed by atoms with Gasteiger partial charge in [0, 0.05) is 19.2 Å². The first-order valence-electron chi connectivity index (χ1n) is 6.77. The highest BCUT2D eigenvalue weighted by Crippen LogP contribution is 2.05. The number of benzene rings is 1. The molecular formula is C15H23FN2O2. The Morgan fingerprint density at radius 3 is 2.50 bits per heavy atom. The van der Waals surface area contributed by atoms with Crippen LogP contribution in [0.25, 0.3) is 0 Å². The average molecular weight is 282 g/mol. The van der Waals surface area contributed by atoms with E-state index >= 15 is 0 Å². The molecule has 0 saturated heterocycles. The number of nitrogens with one attached hydrogen (secondary N) is 2. The molecule has 2 atom stereocenters. The standard InChI is InChI=1S/C15H23FN2O2/c1-11(8-13-4-6-14(16)7-5-13)17-9-15(19)18-12(2)10-20-3/h4-7,11-12,17H,8-10H2,1-3H3,(H,18,19). The Morgan fingerprint density at radius 1 is 1.25 bits per heavy atom. The summed E-state index contributed by atoms with van der Waals surface area (Å²) in [6, 6.07) is 6.55. The lowest BCUT2D eigenvalue weighted by Crippen LogP contribution is -2.43. The molecule has 1 rings (SSSR count). The molecule has 4 nitrogen and oxygen atoms in total. The van der Waals surface area contributed by atoms with Crippen molar-refractivity contribution in [2.45, 2.75) is 32.4 Å². The van der Waals surface area contributed by atoms with Crippen molar-refractivity contribution >= 4 is 5.91 Å². The van der Waals surface area contributed by atoms with Crippen LogP contribution in [0.2, 0.25) is 0 Å². The van der Waals surface area contributed by atoms with Gasteiger partial charge < -0.3 is 15.4 Å². The summed E-state index contributed by atoms with van der Waals surface area (Å²) in [4.78, 5) is 11.7. The fourth-order valence-electron chi connectivity index (χ4n) is 1.93. The van der Waals surface area contributed by atoms with Gasteiger partial charge >= 0.3 is 0 Å². The number of amides is 1. The predicted octanol–water partition coefficient (Wildman–Crippen LogP) is 1.50. The molecule has 20 heavy (non-hydrogen) atoms. The highest BCUT2D eigenvalue weighted by molar-refractivity contribution is 5.78. The van der Waals surface area contributed by atoms with Gasteiger partial charge in [-0.1, -0.05) is 12.1 Å². The van der Waals surface area contributed by atoms with Crippen LogP contribution in [0.1, 0.15) is 19.4 Å². The van der Waals surface area contributed by atoms with Crippen molar-refractivity contribution in [2.75, 3.05) is 20.3 Å². The van der Waals surface area contributed by atoms with Crippen LogP contribution in [-0.2, 0) is 16.0 Å². The Balaban J connectivity index is 2.27. The Bertz CT molecular complexity index is 409. The zero-order valence-corrected chi connectivity index (χ0v) is 12.3. The minimum Gasteiger partial charge on any atom is -0.383 e. The van der Waals surface area contributed by atoms with Crippen molar-refractivity contribution in [2.24, 2.45) is 0 Å². The summed E-state index contributed by atoms with van der Waals surface area (Å²) in [5.41, 5.74) is 1.04. The van der Waals surface area contributed by atoms with Crippen LogP contribution in [-0.4, -0.2) is 38.3 Å². The molecule has 0 spiro atoms. The lowest BCUT2D eigenvalue weighted by atomic mass is 10.1. The molecule has 0 radical (unpaired) electrons. The van der Waals surface area contributed by atoms with Gasteiger partial charge in [-0.25, -0.2) is 4.39 Å². The normalized spacial score (nSPS) is 13.8. The molecule has 0 aromatic heterocycles. The Morgan fingerprint density at radius 2 is 1.90 bits per heavy atom. The highest BCUT2D eigenvalue weighted by Gasteiger charge is 2.09. The van der Waals surface area contributed by atoms with Gasteiger partial charge in [0.25, 0.3) is 0 Å². The molecule has 2 N–H and O–H groups in total. The summed E-state index contributed by atoms with van der Waals surface area (Å²) in [5, 5.41) is 5.98. The van der Waals surface area contributed by atoms with E-state index in [0.29, 0.717) is 6.61 Å². The van der Waals surface area contributed by atoms with E-state index in [0.717, 1.165) is 12.0 Å². The highest BCUT2D eigenvalue weighted by atomic mass is 19.1. The number of carbonyl (C=O) groups is 1. The molecule has 2 unspecified atom stereocenters. The first-order chi connectivity index (χ1) is 9.51. The molecule has 0 bridgehead atoms. The maximum atomic E-state index is 12.8. The first kappa shape index (κ1) is 16.6. The monoisotopic (exact) mass is 282 g/mol. The van der Waals surface area contributed by atoms with Gasteiger partial charge in [-0.15, -0.1) is 0 Å². The summed E-state index contributed by atoms with van der Waals surface area (Å²) < 4.78 is 17.7. The molecular weight excluding hydrogens is 259 g/mol. The van der Waals surface area contributed by atoms with E-state index < -0.39 is 0 Å². The second kappa shape index (κ2) is 8.66. The second-order valence-electron chi connectivity index (χ2n) is 5.04. The molecule has 0 aliphatic heterocycles. The Kier molecular flexibility index (Phi) is 7.18. The van der Waals surface area contributed by atoms with Crippen LogP contribution in [0.5, 0.6) is 0 Å². The summed E-state index contributed by atoms with van der Waals surface area (Å²) in [6.45, 7) is 4.64. The fourth-order valence-corrected chi connectivity index (χ4v) is 1.93. The quantitative estimate of drug-likeness (QED) is 0.759. The molecule has 1 amide bonds.